The fourth-order valence-corrected chi connectivity index (χ4v) is 7.79. The van der Waals surface area contributed by atoms with Crippen LogP contribution < -0.4 is 4.89 Å². The summed E-state index contributed by atoms with van der Waals surface area (Å²) in [7, 11) is 1.29. The van der Waals surface area contributed by atoms with E-state index in [0.29, 0.717) is 6.54 Å². The molecule has 26 heavy (non-hydrogen) atoms. The van der Waals surface area contributed by atoms with Crippen LogP contribution in [0.25, 0.3) is 0 Å². The predicted octanol–water partition coefficient (Wildman–Crippen LogP) is 4.04. The molecule has 4 rings (SSSR count). The first-order chi connectivity index (χ1) is 12.6. The van der Waals surface area contributed by atoms with Gasteiger partial charge in [-0.2, -0.15) is 9.34 Å². The van der Waals surface area contributed by atoms with E-state index >= 15 is 0 Å². The summed E-state index contributed by atoms with van der Waals surface area (Å²) >= 11 is 0. The van der Waals surface area contributed by atoms with Crippen molar-refractivity contribution in [3.8, 4) is 0 Å². The first-order valence-corrected chi connectivity index (χ1v) is 10.8. The third-order valence-corrected chi connectivity index (χ3v) is 9.20. The third kappa shape index (κ3) is 2.86. The lowest BCUT2D eigenvalue weighted by molar-refractivity contribution is -0.193. The van der Waals surface area contributed by atoms with Crippen LogP contribution in [0.2, 0.25) is 0 Å². The molecule has 1 saturated heterocycles. The van der Waals surface area contributed by atoms with E-state index < -0.39 is 7.79 Å². The Morgan fingerprint density at radius 2 is 1.58 bits per heavy atom. The number of fused-ring (bicyclic) bond motifs is 1. The normalized spacial score (nSPS) is 30.7. The first-order valence-electron chi connectivity index (χ1n) is 9.11. The van der Waals surface area contributed by atoms with Crippen molar-refractivity contribution in [2.24, 2.45) is 5.92 Å². The minimum absolute atomic E-state index is 0.0245. The van der Waals surface area contributed by atoms with Gasteiger partial charge in [-0.25, -0.2) is 0 Å². The van der Waals surface area contributed by atoms with Gasteiger partial charge in [0, 0.05) is 20.0 Å². The Morgan fingerprint density at radius 3 is 2.27 bits per heavy atom. The summed E-state index contributed by atoms with van der Waals surface area (Å²) in [6.45, 7) is 0.685. The number of nitrogens with zero attached hydrogens (tertiary/aromatic N) is 2. The Kier molecular flexibility index (Phi) is 4.81. The molecule has 0 spiro atoms. The molecule has 0 saturated carbocycles. The zero-order chi connectivity index (χ0) is 18.1. The number of allylic oxidation sites excluding steroid dienone is 3. The standard InChI is InChI=1S/C22H25N2OP/c1-23(17-18-11-5-3-6-12-18)26(25)21-16-10-9-15-20(21)22(24(26)2)19-13-7-4-8-14-19/h3-16,20-22H,17H2,1-2H3/t20-,21+,22-,26?/m0/s1. The lowest BCUT2D eigenvalue weighted by atomic mass is 9.88. The fraction of sp³-hybridized carbons (Fsp3) is 0.273. The molecule has 3 nitrogen and oxygen atoms in total. The van der Waals surface area contributed by atoms with Gasteiger partial charge < -0.3 is 4.89 Å². The summed E-state index contributed by atoms with van der Waals surface area (Å²) in [6, 6.07) is 20.9. The molecule has 0 amide bonds. The minimum atomic E-state index is -2.74. The van der Waals surface area contributed by atoms with Crippen molar-refractivity contribution < 1.29 is 4.89 Å². The first kappa shape index (κ1) is 17.6. The number of benzene rings is 2. The molecule has 2 aromatic carbocycles. The molecule has 2 aromatic rings. The summed E-state index contributed by atoms with van der Waals surface area (Å²) in [5, 5.41) is 0. The molecule has 0 aromatic heterocycles. The highest BCUT2D eigenvalue weighted by molar-refractivity contribution is 7.65. The van der Waals surface area contributed by atoms with Crippen molar-refractivity contribution in [1.29, 1.82) is 0 Å². The maximum Gasteiger partial charge on any atom is 0.123 e. The molecule has 1 aliphatic carbocycles. The molecule has 1 aliphatic heterocycles. The molecule has 134 valence electrons. The van der Waals surface area contributed by atoms with Crippen molar-refractivity contribution in [1.82, 2.24) is 9.34 Å². The minimum Gasteiger partial charge on any atom is -0.650 e. The van der Waals surface area contributed by atoms with E-state index in [-0.39, 0.29) is 17.6 Å². The molecule has 1 unspecified atom stereocenters. The monoisotopic (exact) mass is 364 g/mol. The van der Waals surface area contributed by atoms with Crippen LogP contribution in [0.15, 0.2) is 85.0 Å². The van der Waals surface area contributed by atoms with Crippen molar-refractivity contribution in [3.05, 3.63) is 96.1 Å². The predicted molar refractivity (Wildman–Crippen MR) is 107 cm³/mol. The lowest BCUT2D eigenvalue weighted by Gasteiger charge is -2.43. The van der Waals surface area contributed by atoms with Crippen LogP contribution in [0.3, 0.4) is 0 Å². The van der Waals surface area contributed by atoms with Crippen molar-refractivity contribution in [2.45, 2.75) is 18.2 Å². The second-order valence-corrected chi connectivity index (χ2v) is 10.2. The summed E-state index contributed by atoms with van der Waals surface area (Å²) in [4.78, 5) is 14.4. The van der Waals surface area contributed by atoms with Crippen LogP contribution in [0, 0.1) is 5.92 Å². The molecular weight excluding hydrogens is 339 g/mol. The van der Waals surface area contributed by atoms with E-state index in [2.05, 4.69) is 64.0 Å². The van der Waals surface area contributed by atoms with Gasteiger partial charge >= 0.3 is 0 Å². The van der Waals surface area contributed by atoms with Gasteiger partial charge in [0.2, 0.25) is 0 Å². The van der Waals surface area contributed by atoms with Crippen LogP contribution in [-0.2, 0) is 6.54 Å². The van der Waals surface area contributed by atoms with E-state index in [1.165, 1.54) is 11.1 Å². The van der Waals surface area contributed by atoms with Crippen LogP contribution >= 0.6 is 7.79 Å². The van der Waals surface area contributed by atoms with Crippen LogP contribution in [0.4, 0.5) is 0 Å². The molecule has 4 heteroatoms. The molecule has 1 fully saturated rings. The maximum atomic E-state index is 14.4. The molecular formula is C22H25N2OP. The van der Waals surface area contributed by atoms with Crippen molar-refractivity contribution >= 4 is 7.79 Å². The Balaban J connectivity index is 1.70. The van der Waals surface area contributed by atoms with Crippen molar-refractivity contribution in [3.63, 3.8) is 0 Å². The van der Waals surface area contributed by atoms with Gasteiger partial charge in [0.15, 0.2) is 0 Å². The highest BCUT2D eigenvalue weighted by atomic mass is 31.2. The second kappa shape index (κ2) is 7.09. The largest absolute Gasteiger partial charge is 0.650 e. The zero-order valence-corrected chi connectivity index (χ0v) is 16.2. The average Bonchev–Trinajstić information content (AvgIpc) is 2.92. The van der Waals surface area contributed by atoms with Crippen LogP contribution in [0.1, 0.15) is 17.2 Å². The Morgan fingerprint density at radius 1 is 0.962 bits per heavy atom. The van der Waals surface area contributed by atoms with E-state index in [1.54, 1.807) is 0 Å². The summed E-state index contributed by atoms with van der Waals surface area (Å²) in [5.74, 6) is 0.233. The van der Waals surface area contributed by atoms with E-state index in [1.807, 2.05) is 44.4 Å². The zero-order valence-electron chi connectivity index (χ0n) is 15.3. The number of hydrogen-bond acceptors (Lipinski definition) is 3. The number of hydrogen-bond donors (Lipinski definition) is 0. The summed E-state index contributed by atoms with van der Waals surface area (Å²) in [5.41, 5.74) is 2.45. The molecule has 2 aliphatic rings. The maximum absolute atomic E-state index is 14.4. The van der Waals surface area contributed by atoms with Gasteiger partial charge in [-0.3, -0.25) is 0 Å². The lowest BCUT2D eigenvalue weighted by Crippen LogP contribution is -2.39. The van der Waals surface area contributed by atoms with Gasteiger partial charge in [-0.15, -0.1) is 0 Å². The van der Waals surface area contributed by atoms with Gasteiger partial charge in [-0.1, -0.05) is 78.9 Å². The Labute approximate surface area is 156 Å². The van der Waals surface area contributed by atoms with Crippen LogP contribution in [0.5, 0.6) is 0 Å². The van der Waals surface area contributed by atoms with Gasteiger partial charge in [0.25, 0.3) is 0 Å². The fourth-order valence-electron chi connectivity index (χ4n) is 4.38. The van der Waals surface area contributed by atoms with Crippen LogP contribution in [-0.4, -0.2) is 29.1 Å². The number of rotatable bonds is 4. The Hall–Kier alpha value is -1.77. The second-order valence-electron chi connectivity index (χ2n) is 7.16. The Bertz CT molecular complexity index is 807. The van der Waals surface area contributed by atoms with E-state index in [0.717, 1.165) is 0 Å². The molecule has 1 heterocycles. The van der Waals surface area contributed by atoms with Gasteiger partial charge in [-0.05, 0) is 17.2 Å². The van der Waals surface area contributed by atoms with E-state index in [9.17, 15) is 4.89 Å². The smallest absolute Gasteiger partial charge is 0.123 e. The topological polar surface area (TPSA) is 29.5 Å². The quantitative estimate of drug-likeness (QED) is 0.767. The molecule has 0 radical (unpaired) electrons. The highest BCUT2D eigenvalue weighted by Crippen LogP contribution is 2.73. The molecule has 0 N–H and O–H groups in total. The SMILES string of the molecule is CN(Cc1ccccc1)[P+]1([O-])[C@@H]2C=CC=C[C@@H]2[C@H](c2ccccc2)N1C. The van der Waals surface area contributed by atoms with E-state index in [4.69, 9.17) is 0 Å². The summed E-state index contributed by atoms with van der Waals surface area (Å²) in [6.07, 6.45) is 8.52. The average molecular weight is 364 g/mol. The third-order valence-electron chi connectivity index (χ3n) is 5.64. The highest BCUT2D eigenvalue weighted by Gasteiger charge is 2.59. The summed E-state index contributed by atoms with van der Waals surface area (Å²) < 4.78 is 4.22. The molecule has 0 bridgehead atoms. The van der Waals surface area contributed by atoms with Gasteiger partial charge in [0.05, 0.1) is 12.6 Å². The van der Waals surface area contributed by atoms with Gasteiger partial charge in [0.1, 0.15) is 13.4 Å². The van der Waals surface area contributed by atoms with Crippen molar-refractivity contribution in [2.75, 3.05) is 14.1 Å². The molecule has 4 atom stereocenters.